The fourth-order valence-electron chi connectivity index (χ4n) is 3.39. The highest BCUT2D eigenvalue weighted by molar-refractivity contribution is 7.14. The van der Waals surface area contributed by atoms with Crippen LogP contribution in [-0.4, -0.2) is 29.0 Å². The van der Waals surface area contributed by atoms with Crippen molar-refractivity contribution in [3.8, 4) is 11.3 Å². The molecular formula is C21H19F3N4OS. The van der Waals surface area contributed by atoms with E-state index >= 15 is 0 Å². The van der Waals surface area contributed by atoms with Crippen LogP contribution in [-0.2, 0) is 11.0 Å². The first-order valence-corrected chi connectivity index (χ1v) is 10.4. The van der Waals surface area contributed by atoms with Gasteiger partial charge in [-0.25, -0.2) is 9.97 Å². The summed E-state index contributed by atoms with van der Waals surface area (Å²) >= 11 is 1.38. The van der Waals surface area contributed by atoms with Crippen molar-refractivity contribution < 1.29 is 18.0 Å². The zero-order chi connectivity index (χ0) is 21.1. The van der Waals surface area contributed by atoms with Gasteiger partial charge in [-0.15, -0.1) is 11.3 Å². The molecule has 0 radical (unpaired) electrons. The number of pyridine rings is 1. The van der Waals surface area contributed by atoms with Gasteiger partial charge in [-0.3, -0.25) is 4.79 Å². The Labute approximate surface area is 175 Å². The number of nitrogens with one attached hydrogen (secondary N) is 1. The van der Waals surface area contributed by atoms with Gasteiger partial charge in [-0.1, -0.05) is 30.3 Å². The Morgan fingerprint density at radius 3 is 2.47 bits per heavy atom. The molecule has 4 rings (SSSR count). The summed E-state index contributed by atoms with van der Waals surface area (Å²) in [7, 11) is 0. The number of piperidine rings is 1. The first-order chi connectivity index (χ1) is 14.4. The van der Waals surface area contributed by atoms with E-state index in [9.17, 15) is 18.0 Å². The van der Waals surface area contributed by atoms with E-state index in [4.69, 9.17) is 0 Å². The summed E-state index contributed by atoms with van der Waals surface area (Å²) in [6.45, 7) is 1.12. The van der Waals surface area contributed by atoms with Crippen LogP contribution in [0.15, 0.2) is 54.0 Å². The molecule has 0 bridgehead atoms. The lowest BCUT2D eigenvalue weighted by atomic mass is 9.96. The van der Waals surface area contributed by atoms with E-state index in [1.54, 1.807) is 0 Å². The van der Waals surface area contributed by atoms with Gasteiger partial charge in [0.1, 0.15) is 5.82 Å². The molecule has 1 fully saturated rings. The summed E-state index contributed by atoms with van der Waals surface area (Å²) in [5.74, 6) is 0.248. The van der Waals surface area contributed by atoms with Crippen molar-refractivity contribution in [2.45, 2.75) is 19.0 Å². The first kappa shape index (κ1) is 20.3. The van der Waals surface area contributed by atoms with Gasteiger partial charge in [0.2, 0.25) is 5.91 Å². The normalized spacial score (nSPS) is 15.2. The summed E-state index contributed by atoms with van der Waals surface area (Å²) in [5.41, 5.74) is 1.05. The molecule has 1 aliphatic rings. The molecule has 9 heteroatoms. The average Bonchev–Trinajstić information content (AvgIpc) is 3.22. The Morgan fingerprint density at radius 2 is 1.83 bits per heavy atom. The largest absolute Gasteiger partial charge is 0.417 e. The van der Waals surface area contributed by atoms with E-state index in [0.717, 1.165) is 23.5 Å². The molecule has 0 atom stereocenters. The fraction of sp³-hybridized carbons (Fsp3) is 0.286. The second-order valence-corrected chi connectivity index (χ2v) is 7.92. The maximum absolute atomic E-state index is 12.7. The quantitative estimate of drug-likeness (QED) is 0.625. The maximum Gasteiger partial charge on any atom is 0.417 e. The zero-order valence-corrected chi connectivity index (χ0v) is 16.7. The number of rotatable bonds is 4. The third-order valence-corrected chi connectivity index (χ3v) is 5.83. The number of alkyl halides is 3. The number of anilines is 2. The van der Waals surface area contributed by atoms with Gasteiger partial charge in [0.05, 0.1) is 11.3 Å². The van der Waals surface area contributed by atoms with Gasteiger partial charge >= 0.3 is 6.18 Å². The molecule has 3 aromatic rings. The van der Waals surface area contributed by atoms with Gasteiger partial charge in [0, 0.05) is 36.1 Å². The van der Waals surface area contributed by atoms with Crippen LogP contribution in [0.1, 0.15) is 18.4 Å². The van der Waals surface area contributed by atoms with Crippen molar-refractivity contribution in [2.24, 2.45) is 5.92 Å². The third-order valence-electron chi connectivity index (χ3n) is 5.07. The van der Waals surface area contributed by atoms with Crippen LogP contribution < -0.4 is 10.2 Å². The lowest BCUT2D eigenvalue weighted by Gasteiger charge is -2.32. The molecule has 2 aromatic heterocycles. The Hall–Kier alpha value is -2.94. The fourth-order valence-corrected chi connectivity index (χ4v) is 4.11. The lowest BCUT2D eigenvalue weighted by Crippen LogP contribution is -2.38. The predicted octanol–water partition coefficient (Wildman–Crippen LogP) is 5.08. The molecule has 3 heterocycles. The van der Waals surface area contributed by atoms with Gasteiger partial charge in [0.15, 0.2) is 5.13 Å². The molecule has 0 spiro atoms. The van der Waals surface area contributed by atoms with Crippen molar-refractivity contribution >= 4 is 28.2 Å². The minimum atomic E-state index is -4.40. The van der Waals surface area contributed by atoms with Gasteiger partial charge in [0.25, 0.3) is 0 Å². The highest BCUT2D eigenvalue weighted by atomic mass is 32.1. The first-order valence-electron chi connectivity index (χ1n) is 9.50. The highest BCUT2D eigenvalue weighted by Crippen LogP contribution is 2.31. The molecular weight excluding hydrogens is 413 g/mol. The Kier molecular flexibility index (Phi) is 5.72. The van der Waals surface area contributed by atoms with Crippen LogP contribution in [0.25, 0.3) is 11.3 Å². The van der Waals surface area contributed by atoms with E-state index in [1.807, 2.05) is 40.6 Å². The van der Waals surface area contributed by atoms with Gasteiger partial charge in [-0.05, 0) is 25.0 Å². The van der Waals surface area contributed by atoms with Crippen LogP contribution in [0.4, 0.5) is 24.1 Å². The van der Waals surface area contributed by atoms with E-state index in [-0.39, 0.29) is 11.8 Å². The topological polar surface area (TPSA) is 58.1 Å². The molecule has 0 aliphatic carbocycles. The van der Waals surface area contributed by atoms with E-state index in [0.29, 0.717) is 36.9 Å². The molecule has 0 unspecified atom stereocenters. The van der Waals surface area contributed by atoms with E-state index in [1.165, 1.54) is 17.4 Å². The van der Waals surface area contributed by atoms with Crippen LogP contribution in [0, 0.1) is 5.92 Å². The van der Waals surface area contributed by atoms with Crippen LogP contribution >= 0.6 is 11.3 Å². The number of hydrogen-bond donors (Lipinski definition) is 1. The molecule has 30 heavy (non-hydrogen) atoms. The number of benzene rings is 1. The standard InChI is InChI=1S/C21H19F3N4OS/c22-21(23,24)16-6-7-18(25-12-16)28-10-8-15(9-11-28)19(29)27-20-26-17(13-30-20)14-4-2-1-3-5-14/h1-7,12-13,15H,8-11H2,(H,26,27,29). The predicted molar refractivity (Wildman–Crippen MR) is 110 cm³/mol. The number of nitrogens with zero attached hydrogens (tertiary/aromatic N) is 3. The van der Waals surface area contributed by atoms with Crippen molar-refractivity contribution in [3.63, 3.8) is 0 Å². The highest BCUT2D eigenvalue weighted by Gasteiger charge is 2.31. The molecule has 1 aromatic carbocycles. The molecule has 1 aliphatic heterocycles. The van der Waals surface area contributed by atoms with Crippen molar-refractivity contribution in [2.75, 3.05) is 23.3 Å². The smallest absolute Gasteiger partial charge is 0.357 e. The summed E-state index contributed by atoms with van der Waals surface area (Å²) in [5, 5.41) is 5.36. The minimum Gasteiger partial charge on any atom is -0.357 e. The summed E-state index contributed by atoms with van der Waals surface area (Å²) < 4.78 is 38.0. The molecule has 1 N–H and O–H groups in total. The Balaban J connectivity index is 1.32. The SMILES string of the molecule is O=C(Nc1nc(-c2ccccc2)cs1)C1CCN(c2ccc(C(F)(F)F)cn2)CC1. The summed E-state index contributed by atoms with van der Waals surface area (Å²) in [4.78, 5) is 22.9. The molecule has 5 nitrogen and oxygen atoms in total. The molecule has 1 amide bonds. The van der Waals surface area contributed by atoms with Crippen LogP contribution in [0.5, 0.6) is 0 Å². The van der Waals surface area contributed by atoms with Crippen molar-refractivity contribution in [3.05, 3.63) is 59.6 Å². The monoisotopic (exact) mass is 432 g/mol. The number of aromatic nitrogens is 2. The van der Waals surface area contributed by atoms with Crippen molar-refractivity contribution in [1.82, 2.24) is 9.97 Å². The number of thiazole rings is 1. The Bertz CT molecular complexity index is 997. The lowest BCUT2D eigenvalue weighted by molar-refractivity contribution is -0.137. The number of carbonyl (C=O) groups is 1. The number of halogens is 3. The number of carbonyl (C=O) groups excluding carboxylic acids is 1. The minimum absolute atomic E-state index is 0.0796. The molecule has 0 saturated carbocycles. The second kappa shape index (κ2) is 8.43. The van der Waals surface area contributed by atoms with Crippen LogP contribution in [0.3, 0.4) is 0 Å². The van der Waals surface area contributed by atoms with Gasteiger partial charge < -0.3 is 10.2 Å². The molecule has 156 valence electrons. The van der Waals surface area contributed by atoms with Crippen LogP contribution in [0.2, 0.25) is 0 Å². The Morgan fingerprint density at radius 1 is 1.10 bits per heavy atom. The number of amides is 1. The van der Waals surface area contributed by atoms with E-state index < -0.39 is 11.7 Å². The van der Waals surface area contributed by atoms with E-state index in [2.05, 4.69) is 15.3 Å². The van der Waals surface area contributed by atoms with Gasteiger partial charge in [-0.2, -0.15) is 13.2 Å². The summed E-state index contributed by atoms with van der Waals surface area (Å²) in [6, 6.07) is 12.2. The zero-order valence-electron chi connectivity index (χ0n) is 15.9. The average molecular weight is 432 g/mol. The number of hydrogen-bond acceptors (Lipinski definition) is 5. The third kappa shape index (κ3) is 4.62. The second-order valence-electron chi connectivity index (χ2n) is 7.06. The molecule has 1 saturated heterocycles. The summed E-state index contributed by atoms with van der Waals surface area (Å²) in [6.07, 6.45) is -2.34. The van der Waals surface area contributed by atoms with Crippen molar-refractivity contribution in [1.29, 1.82) is 0 Å². The maximum atomic E-state index is 12.7.